The highest BCUT2D eigenvalue weighted by Crippen LogP contribution is 2.18. The van der Waals surface area contributed by atoms with Gasteiger partial charge in [-0.3, -0.25) is 0 Å². The van der Waals surface area contributed by atoms with Gasteiger partial charge in [0.2, 0.25) is 0 Å². The Kier molecular flexibility index (Phi) is 3.01. The molecule has 0 fully saturated rings. The smallest absolute Gasteiger partial charge is 0.128 e. The van der Waals surface area contributed by atoms with Crippen molar-refractivity contribution in [1.29, 1.82) is 0 Å². The number of hydrogen-bond donors (Lipinski definition) is 2. The van der Waals surface area contributed by atoms with Crippen molar-refractivity contribution in [2.24, 2.45) is 5.73 Å². The van der Waals surface area contributed by atoms with Gasteiger partial charge in [0.15, 0.2) is 0 Å². The minimum absolute atomic E-state index is 0.353. The minimum Gasteiger partial charge on any atom is -0.391 e. The van der Waals surface area contributed by atoms with Gasteiger partial charge in [-0.2, -0.15) is 0 Å². The molecule has 3 N–H and O–H groups in total. The van der Waals surface area contributed by atoms with Gasteiger partial charge < -0.3 is 10.8 Å². The third-order valence-electron chi connectivity index (χ3n) is 2.03. The van der Waals surface area contributed by atoms with Gasteiger partial charge >= 0.3 is 0 Å². The Morgan fingerprint density at radius 2 is 2.08 bits per heavy atom. The lowest BCUT2D eigenvalue weighted by Crippen LogP contribution is -2.24. The second kappa shape index (κ2) is 3.85. The van der Waals surface area contributed by atoms with Crippen molar-refractivity contribution in [3.8, 4) is 0 Å². The summed E-state index contributed by atoms with van der Waals surface area (Å²) in [5.74, 6) is -0.353. The summed E-state index contributed by atoms with van der Waals surface area (Å²) in [6.07, 6.45) is -0.739. The molecule has 0 saturated heterocycles. The van der Waals surface area contributed by atoms with Crippen molar-refractivity contribution < 1.29 is 9.50 Å². The highest BCUT2D eigenvalue weighted by Gasteiger charge is 2.15. The maximum atomic E-state index is 13.3. The van der Waals surface area contributed by atoms with Gasteiger partial charge in [0, 0.05) is 5.56 Å². The number of nitrogens with two attached hydrogens (primary N) is 1. The Labute approximate surface area is 77.2 Å². The van der Waals surface area contributed by atoms with Crippen molar-refractivity contribution in [3.63, 3.8) is 0 Å². The van der Waals surface area contributed by atoms with Crippen LogP contribution >= 0.6 is 0 Å². The number of aryl methyl sites for hydroxylation is 1. The quantitative estimate of drug-likeness (QED) is 0.730. The fourth-order valence-corrected chi connectivity index (χ4v) is 1.16. The standard InChI is InChI=1S/C10H14FNO/c1-6-3-4-8(9(11)5-6)10(12)7(2)13/h3-5,7,10,13H,12H2,1-2H3/t7-,10+/m0/s1. The molecular weight excluding hydrogens is 169 g/mol. The lowest BCUT2D eigenvalue weighted by molar-refractivity contribution is 0.162. The zero-order valence-electron chi connectivity index (χ0n) is 7.79. The SMILES string of the molecule is Cc1ccc([C@H](N)[C@H](C)O)c(F)c1. The Morgan fingerprint density at radius 1 is 1.46 bits per heavy atom. The summed E-state index contributed by atoms with van der Waals surface area (Å²) in [6.45, 7) is 3.35. The molecule has 0 unspecified atom stereocenters. The molecule has 0 radical (unpaired) electrons. The van der Waals surface area contributed by atoms with Crippen molar-refractivity contribution in [2.45, 2.75) is 26.0 Å². The highest BCUT2D eigenvalue weighted by atomic mass is 19.1. The van der Waals surface area contributed by atoms with Crippen LogP contribution in [0.5, 0.6) is 0 Å². The molecule has 1 aromatic carbocycles. The summed E-state index contributed by atoms with van der Waals surface area (Å²) < 4.78 is 13.3. The summed E-state index contributed by atoms with van der Waals surface area (Å²) in [5, 5.41) is 9.18. The molecule has 0 spiro atoms. The van der Waals surface area contributed by atoms with Crippen molar-refractivity contribution in [3.05, 3.63) is 35.1 Å². The van der Waals surface area contributed by atoms with E-state index >= 15 is 0 Å². The molecule has 0 saturated carbocycles. The van der Waals surface area contributed by atoms with Gasteiger partial charge in [0.25, 0.3) is 0 Å². The molecular formula is C10H14FNO. The van der Waals surface area contributed by atoms with Crippen LogP contribution in [0.2, 0.25) is 0 Å². The molecule has 72 valence electrons. The van der Waals surface area contributed by atoms with Crippen LogP contribution in [0.3, 0.4) is 0 Å². The monoisotopic (exact) mass is 183 g/mol. The van der Waals surface area contributed by atoms with Gasteiger partial charge in [-0.05, 0) is 25.5 Å². The van der Waals surface area contributed by atoms with Crippen LogP contribution in [-0.2, 0) is 0 Å². The minimum atomic E-state index is -0.739. The van der Waals surface area contributed by atoms with E-state index in [9.17, 15) is 9.50 Å². The fraction of sp³-hybridized carbons (Fsp3) is 0.400. The molecule has 2 nitrogen and oxygen atoms in total. The van der Waals surface area contributed by atoms with Gasteiger partial charge in [-0.25, -0.2) is 4.39 Å². The molecule has 1 rings (SSSR count). The fourth-order valence-electron chi connectivity index (χ4n) is 1.16. The molecule has 0 aliphatic heterocycles. The van der Waals surface area contributed by atoms with E-state index in [0.717, 1.165) is 5.56 Å². The summed E-state index contributed by atoms with van der Waals surface area (Å²) >= 11 is 0. The lowest BCUT2D eigenvalue weighted by atomic mass is 10.0. The predicted octanol–water partition coefficient (Wildman–Crippen LogP) is 1.51. The Hall–Kier alpha value is -0.930. The largest absolute Gasteiger partial charge is 0.391 e. The van der Waals surface area contributed by atoms with Crippen LogP contribution in [0.25, 0.3) is 0 Å². The van der Waals surface area contributed by atoms with Crippen LogP contribution in [0.15, 0.2) is 18.2 Å². The second-order valence-electron chi connectivity index (χ2n) is 3.29. The Bertz CT molecular complexity index is 299. The van der Waals surface area contributed by atoms with E-state index in [1.54, 1.807) is 26.0 Å². The molecule has 0 aliphatic rings. The first kappa shape index (κ1) is 10.2. The highest BCUT2D eigenvalue weighted by molar-refractivity contribution is 5.26. The van der Waals surface area contributed by atoms with Crippen molar-refractivity contribution in [1.82, 2.24) is 0 Å². The van der Waals surface area contributed by atoms with Crippen molar-refractivity contribution >= 4 is 0 Å². The van der Waals surface area contributed by atoms with E-state index in [1.807, 2.05) is 0 Å². The first-order valence-electron chi connectivity index (χ1n) is 4.22. The number of benzene rings is 1. The molecule has 0 amide bonds. The first-order chi connectivity index (χ1) is 6.02. The lowest BCUT2D eigenvalue weighted by Gasteiger charge is -2.15. The van der Waals surface area contributed by atoms with E-state index in [2.05, 4.69) is 0 Å². The molecule has 1 aromatic rings. The predicted molar refractivity (Wildman–Crippen MR) is 49.7 cm³/mol. The summed E-state index contributed by atoms with van der Waals surface area (Å²) in [4.78, 5) is 0. The third kappa shape index (κ3) is 2.26. The number of halogens is 1. The molecule has 2 atom stereocenters. The van der Waals surface area contributed by atoms with Gasteiger partial charge in [0.05, 0.1) is 12.1 Å². The summed E-state index contributed by atoms with van der Waals surface area (Å²) in [6, 6.07) is 4.15. The zero-order valence-corrected chi connectivity index (χ0v) is 7.79. The average Bonchev–Trinajstić information content (AvgIpc) is 2.03. The van der Waals surface area contributed by atoms with Gasteiger partial charge in [-0.1, -0.05) is 12.1 Å². The number of aliphatic hydroxyl groups excluding tert-OH is 1. The van der Waals surface area contributed by atoms with E-state index in [4.69, 9.17) is 5.73 Å². The van der Waals surface area contributed by atoms with E-state index in [-0.39, 0.29) is 5.82 Å². The van der Waals surface area contributed by atoms with Gasteiger partial charge in [0.1, 0.15) is 5.82 Å². The summed E-state index contributed by atoms with van der Waals surface area (Å²) in [5.41, 5.74) is 6.81. The maximum absolute atomic E-state index is 13.3. The zero-order chi connectivity index (χ0) is 10.0. The number of hydrogen-bond acceptors (Lipinski definition) is 2. The Morgan fingerprint density at radius 3 is 2.54 bits per heavy atom. The van der Waals surface area contributed by atoms with Crippen LogP contribution in [-0.4, -0.2) is 11.2 Å². The molecule has 0 heterocycles. The van der Waals surface area contributed by atoms with Crippen LogP contribution < -0.4 is 5.73 Å². The molecule has 0 bridgehead atoms. The molecule has 0 aromatic heterocycles. The topological polar surface area (TPSA) is 46.2 Å². The normalized spacial score (nSPS) is 15.5. The number of rotatable bonds is 2. The van der Waals surface area contributed by atoms with E-state index < -0.39 is 12.1 Å². The Balaban J connectivity index is 3.01. The van der Waals surface area contributed by atoms with Crippen LogP contribution in [0.4, 0.5) is 4.39 Å². The van der Waals surface area contributed by atoms with Crippen LogP contribution in [0, 0.1) is 12.7 Å². The maximum Gasteiger partial charge on any atom is 0.128 e. The van der Waals surface area contributed by atoms with Crippen molar-refractivity contribution in [2.75, 3.05) is 0 Å². The third-order valence-corrected chi connectivity index (χ3v) is 2.03. The molecule has 3 heteroatoms. The van der Waals surface area contributed by atoms with Crippen LogP contribution in [0.1, 0.15) is 24.1 Å². The van der Waals surface area contributed by atoms with E-state index in [0.29, 0.717) is 5.56 Å². The average molecular weight is 183 g/mol. The second-order valence-corrected chi connectivity index (χ2v) is 3.29. The first-order valence-corrected chi connectivity index (χ1v) is 4.22. The van der Waals surface area contributed by atoms with Gasteiger partial charge in [-0.15, -0.1) is 0 Å². The van der Waals surface area contributed by atoms with E-state index in [1.165, 1.54) is 6.07 Å². The molecule has 13 heavy (non-hydrogen) atoms. The molecule has 0 aliphatic carbocycles. The number of aliphatic hydroxyl groups is 1. The summed E-state index contributed by atoms with van der Waals surface area (Å²) in [7, 11) is 0.